The van der Waals surface area contributed by atoms with Crippen LogP contribution in [0.25, 0.3) is 17.1 Å². The van der Waals surface area contributed by atoms with Gasteiger partial charge in [-0.25, -0.2) is 13.8 Å². The van der Waals surface area contributed by atoms with Crippen LogP contribution in [0.5, 0.6) is 11.5 Å². The molecule has 0 spiro atoms. The Labute approximate surface area is 248 Å². The zero-order chi connectivity index (χ0) is 32.6. The number of methoxy groups -OCH3 is 1. The molecule has 5 rings (SSSR count). The lowest BCUT2D eigenvalue weighted by Gasteiger charge is -2.27. The average Bonchev–Trinajstić information content (AvgIpc) is 3.18. The van der Waals surface area contributed by atoms with Crippen LogP contribution in [0.4, 0.5) is 42.2 Å². The minimum absolute atomic E-state index is 0.0561. The van der Waals surface area contributed by atoms with E-state index in [1.165, 1.54) is 0 Å². The molecule has 0 unspecified atom stereocenters. The Bertz CT molecular complexity index is 1780. The molecule has 0 saturated carbocycles. The molecular formula is C28H22F7N5O5. The Balaban J connectivity index is 1.70. The van der Waals surface area contributed by atoms with Gasteiger partial charge in [0, 0.05) is 24.7 Å². The molecule has 0 atom stereocenters. The van der Waals surface area contributed by atoms with Gasteiger partial charge in [-0.15, -0.1) is 0 Å². The number of hydrogen-bond acceptors (Lipinski definition) is 7. The maximum atomic E-state index is 15.4. The average molecular weight is 642 g/mol. The number of alkyl halides is 5. The summed E-state index contributed by atoms with van der Waals surface area (Å²) in [7, 11) is 2.19. The molecule has 0 bridgehead atoms. The molecule has 0 radical (unpaired) electrons. The van der Waals surface area contributed by atoms with Crippen molar-refractivity contribution >= 4 is 17.4 Å². The maximum absolute atomic E-state index is 15.4. The second kappa shape index (κ2) is 12.1. The first-order valence-electron chi connectivity index (χ1n) is 12.9. The van der Waals surface area contributed by atoms with Gasteiger partial charge in [0.1, 0.15) is 45.9 Å². The number of amides is 1. The lowest BCUT2D eigenvalue weighted by Crippen LogP contribution is -2.40. The smallest absolute Gasteiger partial charge is 0.420 e. The van der Waals surface area contributed by atoms with Gasteiger partial charge >= 0.3 is 12.8 Å². The van der Waals surface area contributed by atoms with Gasteiger partial charge in [0.05, 0.1) is 31.9 Å². The molecule has 2 aromatic heterocycles. The molecule has 1 amide bonds. The molecule has 238 valence electrons. The lowest BCUT2D eigenvalue weighted by atomic mass is 10.1. The van der Waals surface area contributed by atoms with E-state index in [1.807, 2.05) is 0 Å². The van der Waals surface area contributed by atoms with Crippen LogP contribution in [0.2, 0.25) is 0 Å². The number of anilines is 2. The van der Waals surface area contributed by atoms with Crippen molar-refractivity contribution in [2.75, 3.05) is 31.0 Å². The summed E-state index contributed by atoms with van der Waals surface area (Å²) in [4.78, 5) is 31.0. The topological polar surface area (TPSA) is 109 Å². The van der Waals surface area contributed by atoms with Gasteiger partial charge in [0.2, 0.25) is 0 Å². The number of halogens is 7. The van der Waals surface area contributed by atoms with Gasteiger partial charge in [-0.1, -0.05) is 0 Å². The van der Waals surface area contributed by atoms with Crippen LogP contribution < -0.4 is 25.7 Å². The molecule has 1 fully saturated rings. The van der Waals surface area contributed by atoms with E-state index in [9.17, 15) is 31.5 Å². The van der Waals surface area contributed by atoms with Crippen LogP contribution in [0.15, 0.2) is 53.3 Å². The standard InChI is InChI=1S/C28H22F7N5O5/c1-39-23(21-18(29)9-16(43-2)10-19(21)30)22(38-25(41)13-3-5-15(6-4-13)45-27(31)32)26(42)40(39)24-17(28(33,34)35)7-8-20(37-24)36-14-11-44-12-14/h3-10,14,27H,11-12H2,1-2H3,(H,36,37)(H,38,41). The minimum Gasteiger partial charge on any atom is -0.497 e. The molecule has 17 heteroatoms. The fraction of sp³-hybridized carbons (Fsp3) is 0.250. The van der Waals surface area contributed by atoms with Crippen LogP contribution in [0.1, 0.15) is 15.9 Å². The van der Waals surface area contributed by atoms with Crippen molar-refractivity contribution in [2.24, 2.45) is 7.05 Å². The molecule has 2 aromatic carbocycles. The summed E-state index contributed by atoms with van der Waals surface area (Å²) in [5.74, 6) is -5.15. The van der Waals surface area contributed by atoms with Crippen molar-refractivity contribution in [1.82, 2.24) is 14.3 Å². The molecule has 1 aliphatic rings. The highest BCUT2D eigenvalue weighted by atomic mass is 19.4. The number of nitrogens with zero attached hydrogens (tertiary/aromatic N) is 3. The summed E-state index contributed by atoms with van der Waals surface area (Å²) in [6.07, 6.45) is -5.04. The molecule has 0 aliphatic carbocycles. The first-order valence-corrected chi connectivity index (χ1v) is 12.9. The van der Waals surface area contributed by atoms with E-state index in [0.29, 0.717) is 10.7 Å². The van der Waals surface area contributed by atoms with Gasteiger partial charge in [-0.3, -0.25) is 14.3 Å². The van der Waals surface area contributed by atoms with Gasteiger partial charge < -0.3 is 24.8 Å². The normalized spacial score (nSPS) is 13.5. The van der Waals surface area contributed by atoms with Gasteiger partial charge in [0.15, 0.2) is 5.82 Å². The lowest BCUT2D eigenvalue weighted by molar-refractivity contribution is -0.137. The largest absolute Gasteiger partial charge is 0.497 e. The highest BCUT2D eigenvalue weighted by Gasteiger charge is 2.38. The molecule has 3 heterocycles. The Kier molecular flexibility index (Phi) is 8.46. The van der Waals surface area contributed by atoms with E-state index in [-0.39, 0.29) is 42.1 Å². The van der Waals surface area contributed by atoms with Gasteiger partial charge in [0.25, 0.3) is 11.5 Å². The van der Waals surface area contributed by atoms with Crippen LogP contribution in [-0.4, -0.2) is 53.2 Å². The molecular weight excluding hydrogens is 619 g/mol. The minimum atomic E-state index is -5.04. The van der Waals surface area contributed by atoms with E-state index in [4.69, 9.17) is 9.47 Å². The maximum Gasteiger partial charge on any atom is 0.420 e. The van der Waals surface area contributed by atoms with Crippen molar-refractivity contribution in [1.29, 1.82) is 0 Å². The number of aromatic nitrogens is 3. The fourth-order valence-electron chi connectivity index (χ4n) is 4.55. The molecule has 10 nitrogen and oxygen atoms in total. The molecule has 45 heavy (non-hydrogen) atoms. The van der Waals surface area contributed by atoms with Crippen LogP contribution in [-0.2, 0) is 18.0 Å². The fourth-order valence-corrected chi connectivity index (χ4v) is 4.55. The summed E-state index contributed by atoms with van der Waals surface area (Å²) in [6.45, 7) is -2.63. The number of ether oxygens (including phenoxy) is 3. The molecule has 1 aliphatic heterocycles. The molecule has 2 N–H and O–H groups in total. The van der Waals surface area contributed by atoms with Crippen molar-refractivity contribution in [2.45, 2.75) is 18.8 Å². The number of carbonyl (C=O) groups is 1. The van der Waals surface area contributed by atoms with Crippen molar-refractivity contribution in [3.05, 3.63) is 81.6 Å². The summed E-state index contributed by atoms with van der Waals surface area (Å²) in [5.41, 5.74) is -5.23. The summed E-state index contributed by atoms with van der Waals surface area (Å²) in [5, 5.41) is 5.07. The number of hydrogen-bond donors (Lipinski definition) is 2. The summed E-state index contributed by atoms with van der Waals surface area (Å²) >= 11 is 0. The summed E-state index contributed by atoms with van der Waals surface area (Å²) < 4.78 is 114. The first kappa shape index (κ1) is 31.4. The zero-order valence-corrected chi connectivity index (χ0v) is 23.2. The van der Waals surface area contributed by atoms with E-state index >= 15 is 8.78 Å². The highest BCUT2D eigenvalue weighted by Crippen LogP contribution is 2.37. The molecule has 1 saturated heterocycles. The Morgan fingerprint density at radius 3 is 2.22 bits per heavy atom. The van der Waals surface area contributed by atoms with Crippen LogP contribution in [0, 0.1) is 11.6 Å². The predicted octanol–water partition coefficient (Wildman–Crippen LogP) is 5.21. The predicted molar refractivity (Wildman–Crippen MR) is 145 cm³/mol. The number of pyridine rings is 1. The number of rotatable bonds is 9. The molecule has 4 aromatic rings. The van der Waals surface area contributed by atoms with Crippen LogP contribution >= 0.6 is 0 Å². The van der Waals surface area contributed by atoms with Crippen molar-refractivity contribution < 1.29 is 49.7 Å². The number of benzene rings is 2. The SMILES string of the molecule is COc1cc(F)c(-c2c(NC(=O)c3ccc(OC(F)F)cc3)c(=O)n(-c3nc(NC4COC4)ccc3C(F)(F)F)n2C)c(F)c1. The van der Waals surface area contributed by atoms with E-state index in [2.05, 4.69) is 20.4 Å². The van der Waals surface area contributed by atoms with E-state index in [0.717, 1.165) is 61.3 Å². The zero-order valence-electron chi connectivity index (χ0n) is 23.2. The van der Waals surface area contributed by atoms with Crippen molar-refractivity contribution in [3.8, 4) is 28.6 Å². The third-order valence-electron chi connectivity index (χ3n) is 6.71. The number of nitrogens with one attached hydrogen (secondary N) is 2. The second-order valence-corrected chi connectivity index (χ2v) is 9.63. The first-order chi connectivity index (χ1) is 21.3. The monoisotopic (exact) mass is 641 g/mol. The third kappa shape index (κ3) is 6.29. The third-order valence-corrected chi connectivity index (χ3v) is 6.71. The Morgan fingerprint density at radius 1 is 1.04 bits per heavy atom. The summed E-state index contributed by atoms with van der Waals surface area (Å²) in [6, 6.07) is 7.19. The van der Waals surface area contributed by atoms with Gasteiger partial charge in [-0.05, 0) is 36.4 Å². The van der Waals surface area contributed by atoms with E-state index < -0.39 is 64.2 Å². The van der Waals surface area contributed by atoms with E-state index in [1.54, 1.807) is 0 Å². The van der Waals surface area contributed by atoms with Gasteiger partial charge in [-0.2, -0.15) is 26.6 Å². The van der Waals surface area contributed by atoms with Crippen LogP contribution in [0.3, 0.4) is 0 Å². The van der Waals surface area contributed by atoms with Crippen molar-refractivity contribution in [3.63, 3.8) is 0 Å². The Hall–Kier alpha value is -5.06. The quantitative estimate of drug-likeness (QED) is 0.242. The second-order valence-electron chi connectivity index (χ2n) is 9.63. The highest BCUT2D eigenvalue weighted by molar-refractivity contribution is 6.06. The number of carbonyl (C=O) groups excluding carboxylic acids is 1. The Morgan fingerprint density at radius 2 is 1.69 bits per heavy atom.